The summed E-state index contributed by atoms with van der Waals surface area (Å²) in [6.07, 6.45) is 5.43. The van der Waals surface area contributed by atoms with Crippen LogP contribution in [0.5, 0.6) is 0 Å². The van der Waals surface area contributed by atoms with Gasteiger partial charge in [-0.3, -0.25) is 9.52 Å². The molecular formula is C21H26N2O3S. The van der Waals surface area contributed by atoms with E-state index in [0.29, 0.717) is 11.3 Å². The third kappa shape index (κ3) is 4.89. The maximum atomic E-state index is 12.7. The lowest BCUT2D eigenvalue weighted by molar-refractivity contribution is 0.0927. The van der Waals surface area contributed by atoms with Crippen LogP contribution in [0.1, 0.15) is 53.6 Å². The third-order valence-corrected chi connectivity index (χ3v) is 6.49. The molecule has 0 aliphatic heterocycles. The molecule has 0 atom stereocenters. The number of carbonyl (C=O) groups is 1. The molecule has 144 valence electrons. The van der Waals surface area contributed by atoms with Crippen molar-refractivity contribution in [2.24, 2.45) is 0 Å². The summed E-state index contributed by atoms with van der Waals surface area (Å²) in [5, 5.41) is 3.02. The van der Waals surface area contributed by atoms with E-state index >= 15 is 0 Å². The largest absolute Gasteiger partial charge is 0.349 e. The summed E-state index contributed by atoms with van der Waals surface area (Å²) in [6.45, 7) is 3.91. The van der Waals surface area contributed by atoms with E-state index in [-0.39, 0.29) is 16.8 Å². The Kier molecular flexibility index (Phi) is 5.85. The number of carbonyl (C=O) groups excluding carboxylic acids is 1. The topological polar surface area (TPSA) is 75.3 Å². The van der Waals surface area contributed by atoms with E-state index in [1.165, 1.54) is 18.6 Å². The molecule has 1 saturated carbocycles. The van der Waals surface area contributed by atoms with Gasteiger partial charge in [-0.15, -0.1) is 0 Å². The van der Waals surface area contributed by atoms with Crippen molar-refractivity contribution in [1.29, 1.82) is 0 Å². The molecule has 0 radical (unpaired) electrons. The van der Waals surface area contributed by atoms with E-state index in [1.807, 2.05) is 19.9 Å². The molecule has 5 nitrogen and oxygen atoms in total. The van der Waals surface area contributed by atoms with Gasteiger partial charge < -0.3 is 5.32 Å². The number of rotatable bonds is 5. The quantitative estimate of drug-likeness (QED) is 0.810. The monoisotopic (exact) mass is 386 g/mol. The van der Waals surface area contributed by atoms with E-state index in [2.05, 4.69) is 10.0 Å². The van der Waals surface area contributed by atoms with E-state index in [4.69, 9.17) is 0 Å². The summed E-state index contributed by atoms with van der Waals surface area (Å²) in [5.74, 6) is -0.217. The third-order valence-electron chi connectivity index (χ3n) is 5.11. The first-order valence-electron chi connectivity index (χ1n) is 9.36. The van der Waals surface area contributed by atoms with Crippen LogP contribution in [0, 0.1) is 13.8 Å². The van der Waals surface area contributed by atoms with Crippen LogP contribution < -0.4 is 10.0 Å². The van der Waals surface area contributed by atoms with Crippen LogP contribution in [0.25, 0.3) is 0 Å². The van der Waals surface area contributed by atoms with Crippen LogP contribution >= 0.6 is 0 Å². The van der Waals surface area contributed by atoms with Gasteiger partial charge in [0.05, 0.1) is 4.90 Å². The predicted octanol–water partition coefficient (Wildman–Crippen LogP) is 4.17. The smallest absolute Gasteiger partial charge is 0.261 e. The zero-order valence-corrected chi connectivity index (χ0v) is 16.6. The molecule has 2 aromatic carbocycles. The Morgan fingerprint density at radius 2 is 1.70 bits per heavy atom. The van der Waals surface area contributed by atoms with Gasteiger partial charge in [0.2, 0.25) is 0 Å². The Morgan fingerprint density at radius 3 is 2.41 bits per heavy atom. The molecule has 1 aliphatic rings. The average molecular weight is 387 g/mol. The molecule has 27 heavy (non-hydrogen) atoms. The molecule has 0 heterocycles. The summed E-state index contributed by atoms with van der Waals surface area (Å²) in [4.78, 5) is 12.6. The number of nitrogens with one attached hydrogen (secondary N) is 2. The predicted molar refractivity (Wildman–Crippen MR) is 108 cm³/mol. The Balaban J connectivity index is 1.76. The molecule has 2 aromatic rings. The number of hydrogen-bond donors (Lipinski definition) is 2. The SMILES string of the molecule is Cc1ccc(NS(=O)(=O)c2cccc(C(=O)NC3CCCCC3)c2)cc1C. The average Bonchev–Trinajstić information content (AvgIpc) is 2.65. The number of aryl methyl sites for hydroxylation is 2. The van der Waals surface area contributed by atoms with Crippen LogP contribution in [0.3, 0.4) is 0 Å². The van der Waals surface area contributed by atoms with Crippen molar-refractivity contribution in [3.8, 4) is 0 Å². The van der Waals surface area contributed by atoms with Crippen molar-refractivity contribution < 1.29 is 13.2 Å². The molecule has 1 fully saturated rings. The zero-order valence-electron chi connectivity index (χ0n) is 15.8. The first-order chi connectivity index (χ1) is 12.8. The molecule has 1 amide bonds. The maximum Gasteiger partial charge on any atom is 0.261 e. The molecule has 0 bridgehead atoms. The number of sulfonamides is 1. The van der Waals surface area contributed by atoms with Crippen molar-refractivity contribution >= 4 is 21.6 Å². The lowest BCUT2D eigenvalue weighted by Gasteiger charge is -2.22. The summed E-state index contributed by atoms with van der Waals surface area (Å²) < 4.78 is 28.0. The summed E-state index contributed by atoms with van der Waals surface area (Å²) in [7, 11) is -3.76. The van der Waals surface area contributed by atoms with Gasteiger partial charge in [0.25, 0.3) is 15.9 Å². The maximum absolute atomic E-state index is 12.7. The second-order valence-electron chi connectivity index (χ2n) is 7.24. The van der Waals surface area contributed by atoms with E-state index in [9.17, 15) is 13.2 Å². The highest BCUT2D eigenvalue weighted by molar-refractivity contribution is 7.92. The Morgan fingerprint density at radius 1 is 0.963 bits per heavy atom. The molecule has 0 aromatic heterocycles. The normalized spacial score (nSPS) is 15.3. The van der Waals surface area contributed by atoms with Gasteiger partial charge in [0.1, 0.15) is 0 Å². The van der Waals surface area contributed by atoms with Crippen molar-refractivity contribution in [3.05, 3.63) is 59.2 Å². The van der Waals surface area contributed by atoms with Crippen LogP contribution in [0.15, 0.2) is 47.4 Å². The Bertz CT molecular complexity index is 932. The van der Waals surface area contributed by atoms with Gasteiger partial charge in [-0.1, -0.05) is 31.4 Å². The number of amides is 1. The second-order valence-corrected chi connectivity index (χ2v) is 8.92. The Labute approximate surface area is 161 Å². The first kappa shape index (κ1) is 19.4. The molecule has 1 aliphatic carbocycles. The second kappa shape index (κ2) is 8.13. The van der Waals surface area contributed by atoms with Crippen LogP contribution in [0.2, 0.25) is 0 Å². The van der Waals surface area contributed by atoms with Crippen LogP contribution in [0.4, 0.5) is 5.69 Å². The molecule has 3 rings (SSSR count). The lowest BCUT2D eigenvalue weighted by atomic mass is 9.95. The minimum Gasteiger partial charge on any atom is -0.349 e. The molecule has 2 N–H and O–H groups in total. The van der Waals surface area contributed by atoms with E-state index in [0.717, 1.165) is 36.8 Å². The zero-order chi connectivity index (χ0) is 19.4. The fraction of sp³-hybridized carbons (Fsp3) is 0.381. The van der Waals surface area contributed by atoms with Gasteiger partial charge >= 0.3 is 0 Å². The van der Waals surface area contributed by atoms with Gasteiger partial charge in [-0.2, -0.15) is 0 Å². The summed E-state index contributed by atoms with van der Waals surface area (Å²) in [5.41, 5.74) is 2.98. The minimum absolute atomic E-state index is 0.0806. The Hall–Kier alpha value is -2.34. The van der Waals surface area contributed by atoms with Crippen molar-refractivity contribution in [1.82, 2.24) is 5.32 Å². The summed E-state index contributed by atoms with van der Waals surface area (Å²) >= 11 is 0. The summed E-state index contributed by atoms with van der Waals surface area (Å²) in [6, 6.07) is 11.8. The van der Waals surface area contributed by atoms with Crippen molar-refractivity contribution in [3.63, 3.8) is 0 Å². The highest BCUT2D eigenvalue weighted by atomic mass is 32.2. The van der Waals surface area contributed by atoms with Gasteiger partial charge in [-0.05, 0) is 68.1 Å². The highest BCUT2D eigenvalue weighted by Crippen LogP contribution is 2.21. The minimum atomic E-state index is -3.76. The number of benzene rings is 2. The van der Waals surface area contributed by atoms with Gasteiger partial charge in [-0.25, -0.2) is 8.42 Å². The first-order valence-corrected chi connectivity index (χ1v) is 10.8. The van der Waals surface area contributed by atoms with Gasteiger partial charge in [0.15, 0.2) is 0 Å². The van der Waals surface area contributed by atoms with Crippen LogP contribution in [-0.4, -0.2) is 20.4 Å². The van der Waals surface area contributed by atoms with Gasteiger partial charge in [0, 0.05) is 17.3 Å². The standard InChI is InChI=1S/C21H26N2O3S/c1-15-11-12-19(13-16(15)2)23-27(25,26)20-10-6-7-17(14-20)21(24)22-18-8-4-3-5-9-18/h6-7,10-14,18,23H,3-5,8-9H2,1-2H3,(H,22,24). The van der Waals surface area contributed by atoms with E-state index in [1.54, 1.807) is 24.3 Å². The lowest BCUT2D eigenvalue weighted by Crippen LogP contribution is -2.36. The fourth-order valence-corrected chi connectivity index (χ4v) is 4.43. The molecule has 6 heteroatoms. The van der Waals surface area contributed by atoms with Crippen molar-refractivity contribution in [2.45, 2.75) is 56.9 Å². The molecule has 0 spiro atoms. The van der Waals surface area contributed by atoms with Crippen LogP contribution in [-0.2, 0) is 10.0 Å². The molecule has 0 saturated heterocycles. The highest BCUT2D eigenvalue weighted by Gasteiger charge is 2.19. The number of anilines is 1. The van der Waals surface area contributed by atoms with Crippen molar-refractivity contribution in [2.75, 3.05) is 4.72 Å². The molecular weight excluding hydrogens is 360 g/mol. The molecule has 0 unspecified atom stereocenters. The fourth-order valence-electron chi connectivity index (χ4n) is 3.34. The number of hydrogen-bond acceptors (Lipinski definition) is 3. The van der Waals surface area contributed by atoms with E-state index < -0.39 is 10.0 Å².